The van der Waals surface area contributed by atoms with E-state index < -0.39 is 10.0 Å². The molecule has 0 amide bonds. The van der Waals surface area contributed by atoms with Gasteiger partial charge >= 0.3 is 0 Å². The number of aromatic nitrogens is 4. The lowest BCUT2D eigenvalue weighted by Crippen LogP contribution is -2.41. The van der Waals surface area contributed by atoms with E-state index in [0.29, 0.717) is 54.9 Å². The highest BCUT2D eigenvalue weighted by atomic mass is 32.2. The number of hydrogen-bond donors (Lipinski definition) is 1. The lowest BCUT2D eigenvalue weighted by Gasteiger charge is -2.27. The van der Waals surface area contributed by atoms with Crippen LogP contribution in [0, 0.1) is 0 Å². The Balaban J connectivity index is 1.54. The van der Waals surface area contributed by atoms with Gasteiger partial charge in [-0.1, -0.05) is 18.2 Å². The van der Waals surface area contributed by atoms with E-state index in [1.165, 1.54) is 4.31 Å². The van der Waals surface area contributed by atoms with Crippen LogP contribution < -0.4 is 5.32 Å². The van der Waals surface area contributed by atoms with Crippen LogP contribution in [0.2, 0.25) is 0 Å². The molecule has 0 bridgehead atoms. The van der Waals surface area contributed by atoms with Crippen LogP contribution in [0.4, 0.5) is 5.82 Å². The SMILES string of the molecule is O=S(=O)(c1ccccc1CNc1cncc(-n2cccn2)n1)N1CCOCC1. The van der Waals surface area contributed by atoms with Gasteiger partial charge in [-0.3, -0.25) is 4.98 Å². The third-order valence-corrected chi connectivity index (χ3v) is 6.38. The maximum absolute atomic E-state index is 13.0. The molecule has 1 aliphatic rings. The smallest absolute Gasteiger partial charge is 0.243 e. The molecule has 1 N–H and O–H groups in total. The van der Waals surface area contributed by atoms with Crippen LogP contribution in [0.15, 0.2) is 60.0 Å². The summed E-state index contributed by atoms with van der Waals surface area (Å²) in [5.41, 5.74) is 0.667. The molecule has 0 unspecified atom stereocenters. The van der Waals surface area contributed by atoms with E-state index in [1.807, 2.05) is 6.07 Å². The van der Waals surface area contributed by atoms with Crippen molar-refractivity contribution >= 4 is 15.8 Å². The molecule has 4 rings (SSSR count). The summed E-state index contributed by atoms with van der Waals surface area (Å²) in [6.07, 6.45) is 6.63. The van der Waals surface area contributed by atoms with Crippen LogP contribution in [0.1, 0.15) is 5.56 Å². The molecule has 0 saturated carbocycles. The van der Waals surface area contributed by atoms with Gasteiger partial charge in [-0.05, 0) is 17.7 Å². The molecule has 0 aliphatic carbocycles. The third-order valence-electron chi connectivity index (χ3n) is 4.38. The number of morpholine rings is 1. The van der Waals surface area contributed by atoms with Gasteiger partial charge in [-0.25, -0.2) is 18.1 Å². The molecule has 3 heterocycles. The van der Waals surface area contributed by atoms with E-state index in [2.05, 4.69) is 20.4 Å². The molecule has 0 radical (unpaired) electrons. The zero-order valence-electron chi connectivity index (χ0n) is 15.1. The van der Waals surface area contributed by atoms with Crippen molar-refractivity contribution in [2.24, 2.45) is 0 Å². The van der Waals surface area contributed by atoms with Gasteiger partial charge < -0.3 is 10.1 Å². The normalized spacial score (nSPS) is 15.4. The van der Waals surface area contributed by atoms with E-state index in [4.69, 9.17) is 4.74 Å². The monoisotopic (exact) mass is 400 g/mol. The highest BCUT2D eigenvalue weighted by molar-refractivity contribution is 7.89. The zero-order chi connectivity index (χ0) is 19.4. The molecule has 10 heteroatoms. The number of benzene rings is 1. The van der Waals surface area contributed by atoms with E-state index in [1.54, 1.807) is 53.7 Å². The molecule has 0 spiro atoms. The number of nitrogens with zero attached hydrogens (tertiary/aromatic N) is 5. The van der Waals surface area contributed by atoms with Gasteiger partial charge in [0.2, 0.25) is 10.0 Å². The minimum Gasteiger partial charge on any atom is -0.379 e. The van der Waals surface area contributed by atoms with Crippen LogP contribution in [-0.2, 0) is 21.3 Å². The Hall–Kier alpha value is -2.82. The Morgan fingerprint density at radius 2 is 1.93 bits per heavy atom. The van der Waals surface area contributed by atoms with E-state index in [-0.39, 0.29) is 0 Å². The van der Waals surface area contributed by atoms with Gasteiger partial charge in [-0.15, -0.1) is 0 Å². The van der Waals surface area contributed by atoms with Crippen molar-refractivity contribution < 1.29 is 13.2 Å². The lowest BCUT2D eigenvalue weighted by molar-refractivity contribution is 0.0730. The average molecular weight is 400 g/mol. The van der Waals surface area contributed by atoms with Crippen molar-refractivity contribution in [2.75, 3.05) is 31.6 Å². The minimum atomic E-state index is -3.58. The molecule has 146 valence electrons. The fourth-order valence-corrected chi connectivity index (χ4v) is 4.60. The maximum Gasteiger partial charge on any atom is 0.243 e. The molecule has 9 nitrogen and oxygen atoms in total. The van der Waals surface area contributed by atoms with Crippen molar-refractivity contribution in [1.82, 2.24) is 24.1 Å². The van der Waals surface area contributed by atoms with Gasteiger partial charge in [0, 0.05) is 32.0 Å². The molecule has 1 aromatic carbocycles. The second kappa shape index (κ2) is 8.05. The molecule has 2 aromatic heterocycles. The van der Waals surface area contributed by atoms with Crippen molar-refractivity contribution in [2.45, 2.75) is 11.4 Å². The zero-order valence-corrected chi connectivity index (χ0v) is 15.9. The van der Waals surface area contributed by atoms with Crippen LogP contribution in [-0.4, -0.2) is 58.8 Å². The number of anilines is 1. The van der Waals surface area contributed by atoms with Gasteiger partial charge in [0.15, 0.2) is 5.82 Å². The van der Waals surface area contributed by atoms with Crippen LogP contribution >= 0.6 is 0 Å². The van der Waals surface area contributed by atoms with Gasteiger partial charge in [-0.2, -0.15) is 9.40 Å². The number of ether oxygens (including phenoxy) is 1. The summed E-state index contributed by atoms with van der Waals surface area (Å²) in [6, 6.07) is 8.78. The summed E-state index contributed by atoms with van der Waals surface area (Å²) in [5.74, 6) is 1.11. The Bertz CT molecular complexity index is 1030. The maximum atomic E-state index is 13.0. The summed E-state index contributed by atoms with van der Waals surface area (Å²) in [5, 5.41) is 7.29. The first kappa shape index (κ1) is 18.5. The number of hydrogen-bond acceptors (Lipinski definition) is 7. The number of rotatable bonds is 6. The van der Waals surface area contributed by atoms with E-state index >= 15 is 0 Å². The Labute approximate surface area is 163 Å². The van der Waals surface area contributed by atoms with Crippen molar-refractivity contribution in [3.63, 3.8) is 0 Å². The minimum absolute atomic E-state index is 0.292. The summed E-state index contributed by atoms with van der Waals surface area (Å²) in [6.45, 7) is 1.85. The standard InChI is InChI=1S/C18H20N6O3S/c25-28(26,23-8-10-27-11-9-23)16-5-2-1-4-15(16)12-20-17-13-19-14-18(22-17)24-7-3-6-21-24/h1-7,13-14H,8-12H2,(H,20,22). The molecule has 1 saturated heterocycles. The van der Waals surface area contributed by atoms with Gasteiger partial charge in [0.1, 0.15) is 5.82 Å². The quantitative estimate of drug-likeness (QED) is 0.665. The fourth-order valence-electron chi connectivity index (χ4n) is 2.97. The molecular weight excluding hydrogens is 380 g/mol. The van der Waals surface area contributed by atoms with Gasteiger partial charge in [0.05, 0.1) is 30.5 Å². The predicted octanol–water partition coefficient (Wildman–Crippen LogP) is 1.30. The van der Waals surface area contributed by atoms with Crippen LogP contribution in [0.5, 0.6) is 0 Å². The van der Waals surface area contributed by atoms with Crippen molar-refractivity contribution in [3.8, 4) is 5.82 Å². The second-order valence-corrected chi connectivity index (χ2v) is 8.10. The molecule has 3 aromatic rings. The van der Waals surface area contributed by atoms with Gasteiger partial charge in [0.25, 0.3) is 0 Å². The Morgan fingerprint density at radius 3 is 2.71 bits per heavy atom. The molecule has 28 heavy (non-hydrogen) atoms. The topological polar surface area (TPSA) is 102 Å². The Morgan fingerprint density at radius 1 is 1.11 bits per heavy atom. The molecular formula is C18H20N6O3S. The van der Waals surface area contributed by atoms with Crippen molar-refractivity contribution in [3.05, 3.63) is 60.7 Å². The summed E-state index contributed by atoms with van der Waals surface area (Å²) in [7, 11) is -3.58. The lowest BCUT2D eigenvalue weighted by atomic mass is 10.2. The number of nitrogens with one attached hydrogen (secondary N) is 1. The average Bonchev–Trinajstić information content (AvgIpc) is 3.28. The fraction of sp³-hybridized carbons (Fsp3) is 0.278. The first-order valence-corrected chi connectivity index (χ1v) is 10.3. The summed E-state index contributed by atoms with van der Waals surface area (Å²) >= 11 is 0. The first-order chi connectivity index (χ1) is 13.6. The molecule has 1 fully saturated rings. The first-order valence-electron chi connectivity index (χ1n) is 8.86. The third kappa shape index (κ3) is 3.88. The largest absolute Gasteiger partial charge is 0.379 e. The van der Waals surface area contributed by atoms with E-state index in [0.717, 1.165) is 0 Å². The number of sulfonamides is 1. The summed E-state index contributed by atoms with van der Waals surface area (Å²) in [4.78, 5) is 8.93. The summed E-state index contributed by atoms with van der Waals surface area (Å²) < 4.78 is 34.4. The van der Waals surface area contributed by atoms with Crippen molar-refractivity contribution in [1.29, 1.82) is 0 Å². The predicted molar refractivity (Wildman–Crippen MR) is 103 cm³/mol. The van der Waals surface area contributed by atoms with Crippen LogP contribution in [0.25, 0.3) is 5.82 Å². The second-order valence-electron chi connectivity index (χ2n) is 6.19. The Kier molecular flexibility index (Phi) is 5.33. The van der Waals surface area contributed by atoms with Crippen LogP contribution in [0.3, 0.4) is 0 Å². The molecule has 1 aliphatic heterocycles. The van der Waals surface area contributed by atoms with E-state index in [9.17, 15) is 8.42 Å². The highest BCUT2D eigenvalue weighted by Gasteiger charge is 2.28. The molecule has 0 atom stereocenters. The highest BCUT2D eigenvalue weighted by Crippen LogP contribution is 2.22.